The molecule has 0 aromatic carbocycles. The molecule has 0 aromatic rings. The molecule has 0 spiro atoms. The van der Waals surface area contributed by atoms with Crippen LogP contribution in [0.2, 0.25) is 0 Å². The van der Waals surface area contributed by atoms with Crippen molar-refractivity contribution >= 4 is 17.8 Å². The Kier molecular flexibility index (Phi) is 16.1. The van der Waals surface area contributed by atoms with Gasteiger partial charge in [0.15, 0.2) is 0 Å². The van der Waals surface area contributed by atoms with Gasteiger partial charge in [-0.15, -0.1) is 0 Å². The summed E-state index contributed by atoms with van der Waals surface area (Å²) < 4.78 is 0. The average Bonchev–Trinajstić information content (AvgIpc) is 2.69. The van der Waals surface area contributed by atoms with Crippen molar-refractivity contribution in [3.8, 4) is 0 Å². The minimum atomic E-state index is -1.11. The van der Waals surface area contributed by atoms with Crippen LogP contribution in [0, 0.1) is 0 Å². The van der Waals surface area contributed by atoms with Gasteiger partial charge in [-0.1, -0.05) is 58.3 Å². The second kappa shape index (κ2) is 17.1. The van der Waals surface area contributed by atoms with Crippen LogP contribution in [0.3, 0.4) is 0 Å². The van der Waals surface area contributed by atoms with Gasteiger partial charge in [-0.25, -0.2) is 0 Å². The fraction of sp³-hybridized carbons (Fsp3) is 0.864. The number of unbranched alkanes of at least 4 members (excludes halogenated alkanes) is 8. The zero-order valence-corrected chi connectivity index (χ0v) is 18.6. The van der Waals surface area contributed by atoms with Crippen molar-refractivity contribution in [3.63, 3.8) is 0 Å². The second-order valence-corrected chi connectivity index (χ2v) is 8.27. The second-order valence-electron chi connectivity index (χ2n) is 8.27. The van der Waals surface area contributed by atoms with E-state index in [0.717, 1.165) is 19.3 Å². The van der Waals surface area contributed by atoms with Crippen LogP contribution in [0.15, 0.2) is 0 Å². The summed E-state index contributed by atoms with van der Waals surface area (Å²) in [5.74, 6) is -2.17. The molecule has 0 radical (unpaired) electrons. The van der Waals surface area contributed by atoms with Gasteiger partial charge < -0.3 is 26.0 Å². The standard InChI is InChI=1S/C22H42N2O6/c1-2-3-4-5-6-7-8-9-10-11-19(26)24(16-17-25)18-22(23,14-12-20(27)28)15-13-21(29)30/h25H,2-18,23H2,1H3,(H,27,28)(H,29,30). The highest BCUT2D eigenvalue weighted by Crippen LogP contribution is 2.20. The molecule has 0 heterocycles. The lowest BCUT2D eigenvalue weighted by Gasteiger charge is -2.35. The summed E-state index contributed by atoms with van der Waals surface area (Å²) >= 11 is 0. The summed E-state index contributed by atoms with van der Waals surface area (Å²) in [6.45, 7) is 2.13. The molecule has 0 atom stereocenters. The third-order valence-electron chi connectivity index (χ3n) is 5.40. The smallest absolute Gasteiger partial charge is 0.303 e. The van der Waals surface area contributed by atoms with Crippen LogP contribution < -0.4 is 5.73 Å². The normalized spacial score (nSPS) is 11.4. The highest BCUT2D eigenvalue weighted by Gasteiger charge is 2.31. The van der Waals surface area contributed by atoms with E-state index in [0.29, 0.717) is 6.42 Å². The fourth-order valence-electron chi connectivity index (χ4n) is 3.53. The largest absolute Gasteiger partial charge is 0.481 e. The first-order valence-electron chi connectivity index (χ1n) is 11.3. The number of nitrogens with two attached hydrogens (primary N) is 1. The Labute approximate surface area is 180 Å². The van der Waals surface area contributed by atoms with E-state index in [-0.39, 0.29) is 51.3 Å². The van der Waals surface area contributed by atoms with Crippen molar-refractivity contribution in [2.75, 3.05) is 19.7 Å². The molecular formula is C22H42N2O6. The van der Waals surface area contributed by atoms with Crippen LogP contribution in [-0.4, -0.2) is 63.3 Å². The van der Waals surface area contributed by atoms with E-state index in [2.05, 4.69) is 6.92 Å². The number of aliphatic hydroxyl groups is 1. The molecular weight excluding hydrogens is 388 g/mol. The van der Waals surface area contributed by atoms with Crippen LogP contribution in [0.4, 0.5) is 0 Å². The van der Waals surface area contributed by atoms with Crippen LogP contribution in [0.5, 0.6) is 0 Å². The maximum atomic E-state index is 12.6. The monoisotopic (exact) mass is 430 g/mol. The highest BCUT2D eigenvalue weighted by molar-refractivity contribution is 5.76. The number of carbonyl (C=O) groups is 3. The van der Waals surface area contributed by atoms with E-state index in [1.807, 2.05) is 0 Å². The highest BCUT2D eigenvalue weighted by atomic mass is 16.4. The van der Waals surface area contributed by atoms with Crippen LogP contribution in [-0.2, 0) is 14.4 Å². The SMILES string of the molecule is CCCCCCCCCCCC(=O)N(CCO)CC(N)(CCC(=O)O)CCC(=O)O. The molecule has 0 bridgehead atoms. The third kappa shape index (κ3) is 15.2. The lowest BCUT2D eigenvalue weighted by molar-refractivity contribution is -0.137. The van der Waals surface area contributed by atoms with Crippen molar-refractivity contribution < 1.29 is 29.7 Å². The Morgan fingerprint density at radius 2 is 1.27 bits per heavy atom. The van der Waals surface area contributed by atoms with Crippen molar-refractivity contribution in [2.24, 2.45) is 5.73 Å². The lowest BCUT2D eigenvalue weighted by Crippen LogP contribution is -2.53. The molecule has 5 N–H and O–H groups in total. The van der Waals surface area contributed by atoms with Gasteiger partial charge in [0.05, 0.1) is 6.61 Å². The molecule has 0 aliphatic heterocycles. The number of aliphatic carboxylic acids is 2. The van der Waals surface area contributed by atoms with E-state index in [4.69, 9.17) is 15.9 Å². The average molecular weight is 431 g/mol. The number of hydrogen-bond acceptors (Lipinski definition) is 5. The summed E-state index contributed by atoms with van der Waals surface area (Å²) in [6.07, 6.45) is 10.4. The maximum Gasteiger partial charge on any atom is 0.303 e. The molecule has 0 unspecified atom stereocenters. The molecule has 0 aliphatic rings. The number of nitrogens with zero attached hydrogens (tertiary/aromatic N) is 1. The summed E-state index contributed by atoms with van der Waals surface area (Å²) in [5, 5.41) is 27.2. The Morgan fingerprint density at radius 1 is 0.800 bits per heavy atom. The first-order valence-corrected chi connectivity index (χ1v) is 11.3. The van der Waals surface area contributed by atoms with Gasteiger partial charge >= 0.3 is 11.9 Å². The van der Waals surface area contributed by atoms with Gasteiger partial charge in [-0.05, 0) is 19.3 Å². The molecule has 1 amide bonds. The van der Waals surface area contributed by atoms with Crippen molar-refractivity contribution in [2.45, 2.75) is 102 Å². The topological polar surface area (TPSA) is 141 Å². The molecule has 8 nitrogen and oxygen atoms in total. The molecule has 0 rings (SSSR count). The molecule has 30 heavy (non-hydrogen) atoms. The van der Waals surface area contributed by atoms with Gasteiger partial charge in [0.1, 0.15) is 0 Å². The Bertz CT molecular complexity index is 480. The van der Waals surface area contributed by atoms with E-state index >= 15 is 0 Å². The molecule has 8 heteroatoms. The zero-order valence-electron chi connectivity index (χ0n) is 18.6. The molecule has 0 aromatic heterocycles. The number of carboxylic acids is 2. The zero-order chi connectivity index (χ0) is 22.8. The molecule has 0 fully saturated rings. The van der Waals surface area contributed by atoms with Gasteiger partial charge in [-0.3, -0.25) is 14.4 Å². The summed E-state index contributed by atoms with van der Waals surface area (Å²) in [5.41, 5.74) is 5.19. The van der Waals surface area contributed by atoms with E-state index in [1.165, 1.54) is 43.4 Å². The number of carboxylic acid groups (broad SMARTS) is 2. The predicted molar refractivity (Wildman–Crippen MR) is 116 cm³/mol. The van der Waals surface area contributed by atoms with Crippen molar-refractivity contribution in [3.05, 3.63) is 0 Å². The fourth-order valence-corrected chi connectivity index (χ4v) is 3.53. The van der Waals surface area contributed by atoms with Gasteiger partial charge in [0.25, 0.3) is 0 Å². The van der Waals surface area contributed by atoms with Gasteiger partial charge in [0.2, 0.25) is 5.91 Å². The first-order chi connectivity index (χ1) is 14.2. The maximum absolute atomic E-state index is 12.6. The van der Waals surface area contributed by atoms with E-state index in [1.54, 1.807) is 0 Å². The summed E-state index contributed by atoms with van der Waals surface area (Å²) in [4.78, 5) is 36.0. The van der Waals surface area contributed by atoms with Crippen LogP contribution in [0.1, 0.15) is 96.8 Å². The van der Waals surface area contributed by atoms with Crippen molar-refractivity contribution in [1.82, 2.24) is 4.90 Å². The van der Waals surface area contributed by atoms with Crippen LogP contribution >= 0.6 is 0 Å². The number of carbonyl (C=O) groups excluding carboxylic acids is 1. The van der Waals surface area contributed by atoms with Gasteiger partial charge in [-0.2, -0.15) is 0 Å². The van der Waals surface area contributed by atoms with Gasteiger partial charge in [0, 0.05) is 37.9 Å². The quantitative estimate of drug-likeness (QED) is 0.217. The number of hydrogen-bond donors (Lipinski definition) is 4. The van der Waals surface area contributed by atoms with Crippen LogP contribution in [0.25, 0.3) is 0 Å². The minimum absolute atomic E-state index is 0.0460. The van der Waals surface area contributed by atoms with E-state index < -0.39 is 17.5 Å². The number of aliphatic hydroxyl groups excluding tert-OH is 1. The Balaban J connectivity index is 4.52. The molecule has 0 aliphatic carbocycles. The Hall–Kier alpha value is -1.67. The summed E-state index contributed by atoms with van der Waals surface area (Å²) in [7, 11) is 0. The molecule has 0 saturated carbocycles. The lowest BCUT2D eigenvalue weighted by atomic mass is 9.88. The summed E-state index contributed by atoms with van der Waals surface area (Å²) in [6, 6.07) is 0. The predicted octanol–water partition coefficient (Wildman–Crippen LogP) is 3.16. The Morgan fingerprint density at radius 3 is 1.70 bits per heavy atom. The minimum Gasteiger partial charge on any atom is -0.481 e. The number of rotatable bonds is 20. The molecule has 0 saturated heterocycles. The van der Waals surface area contributed by atoms with Crippen molar-refractivity contribution in [1.29, 1.82) is 0 Å². The third-order valence-corrected chi connectivity index (χ3v) is 5.40. The number of amides is 1. The molecule has 176 valence electrons. The van der Waals surface area contributed by atoms with E-state index in [9.17, 15) is 19.5 Å². The first kappa shape index (κ1) is 28.3.